The highest BCUT2D eigenvalue weighted by molar-refractivity contribution is 5.82. The Bertz CT molecular complexity index is 1020. The van der Waals surface area contributed by atoms with Crippen LogP contribution in [-0.4, -0.2) is 31.6 Å². The first-order valence-electron chi connectivity index (χ1n) is 10.3. The highest BCUT2D eigenvalue weighted by Crippen LogP contribution is 2.37. The first-order chi connectivity index (χ1) is 14.7. The van der Waals surface area contributed by atoms with Crippen LogP contribution in [0.1, 0.15) is 11.3 Å². The standard InChI is InChI=1S/C24H24FN3O2/c25-18-7-9-19(10-8-18)27-11-12-28-22-6-2-1-4-17(22)14-21(23(28)16-27)24(29)26-15-20-5-3-13-30-20/h1-10,13,21,23H,11-12,14-16H2,(H,26,29)/t21-,23+/m1/s1. The smallest absolute Gasteiger partial charge is 0.225 e. The number of piperazine rings is 1. The Morgan fingerprint density at radius 1 is 1.07 bits per heavy atom. The predicted octanol–water partition coefficient (Wildman–Crippen LogP) is 3.60. The molecule has 154 valence electrons. The third kappa shape index (κ3) is 3.54. The average molecular weight is 405 g/mol. The molecule has 2 aromatic carbocycles. The normalized spacial score (nSPS) is 20.4. The molecule has 0 bridgehead atoms. The van der Waals surface area contributed by atoms with Crippen molar-refractivity contribution >= 4 is 17.3 Å². The van der Waals surface area contributed by atoms with E-state index in [1.807, 2.05) is 30.3 Å². The first-order valence-corrected chi connectivity index (χ1v) is 10.3. The van der Waals surface area contributed by atoms with Gasteiger partial charge < -0.3 is 19.5 Å². The SMILES string of the molecule is O=C(NCc1ccco1)[C@@H]1Cc2ccccc2N2CCN(c3ccc(F)cc3)C[C@@H]12. The molecule has 2 aliphatic rings. The summed E-state index contributed by atoms with van der Waals surface area (Å²) < 4.78 is 18.7. The number of benzene rings is 2. The summed E-state index contributed by atoms with van der Waals surface area (Å²) in [5.74, 6) is 0.377. The minimum Gasteiger partial charge on any atom is -0.467 e. The van der Waals surface area contributed by atoms with Gasteiger partial charge in [-0.1, -0.05) is 18.2 Å². The number of nitrogens with one attached hydrogen (secondary N) is 1. The van der Waals surface area contributed by atoms with Crippen molar-refractivity contribution in [2.75, 3.05) is 29.4 Å². The van der Waals surface area contributed by atoms with Gasteiger partial charge in [0.25, 0.3) is 0 Å². The summed E-state index contributed by atoms with van der Waals surface area (Å²) in [7, 11) is 0. The molecule has 5 nitrogen and oxygen atoms in total. The second kappa shape index (κ2) is 7.86. The lowest BCUT2D eigenvalue weighted by Gasteiger charge is -2.49. The van der Waals surface area contributed by atoms with Crippen LogP contribution in [0.15, 0.2) is 71.3 Å². The van der Waals surface area contributed by atoms with Gasteiger partial charge in [0, 0.05) is 31.0 Å². The summed E-state index contributed by atoms with van der Waals surface area (Å²) in [5, 5.41) is 3.05. The lowest BCUT2D eigenvalue weighted by molar-refractivity contribution is -0.126. The van der Waals surface area contributed by atoms with E-state index in [2.05, 4.69) is 33.3 Å². The van der Waals surface area contributed by atoms with Crippen molar-refractivity contribution in [1.29, 1.82) is 0 Å². The minimum atomic E-state index is -0.237. The van der Waals surface area contributed by atoms with Crippen LogP contribution in [0.4, 0.5) is 15.8 Å². The molecule has 2 atom stereocenters. The number of hydrogen-bond donors (Lipinski definition) is 1. The average Bonchev–Trinajstić information content (AvgIpc) is 3.31. The summed E-state index contributed by atoms with van der Waals surface area (Å²) in [5.41, 5.74) is 3.42. The maximum atomic E-state index is 13.4. The van der Waals surface area contributed by atoms with E-state index in [1.54, 1.807) is 6.26 Å². The van der Waals surface area contributed by atoms with Crippen LogP contribution >= 0.6 is 0 Å². The second-order valence-electron chi connectivity index (χ2n) is 7.92. The quantitative estimate of drug-likeness (QED) is 0.721. The van der Waals surface area contributed by atoms with Gasteiger partial charge in [-0.15, -0.1) is 0 Å². The fraction of sp³-hybridized carbons (Fsp3) is 0.292. The Kier molecular flexibility index (Phi) is 4.91. The molecule has 3 aromatic rings. The van der Waals surface area contributed by atoms with Crippen LogP contribution in [0.2, 0.25) is 0 Å². The van der Waals surface area contributed by atoms with Crippen LogP contribution in [0.25, 0.3) is 0 Å². The third-order valence-electron chi connectivity index (χ3n) is 6.17. The number of furan rings is 1. The summed E-state index contributed by atoms with van der Waals surface area (Å²) in [6, 6.07) is 18.7. The van der Waals surface area contributed by atoms with Gasteiger partial charge in [0.05, 0.1) is 24.8 Å². The van der Waals surface area contributed by atoms with Gasteiger partial charge in [0.2, 0.25) is 5.91 Å². The predicted molar refractivity (Wildman–Crippen MR) is 114 cm³/mol. The summed E-state index contributed by atoms with van der Waals surface area (Å²) in [4.78, 5) is 17.8. The Labute approximate surface area is 175 Å². The van der Waals surface area contributed by atoms with Gasteiger partial charge in [0.15, 0.2) is 0 Å². The topological polar surface area (TPSA) is 48.7 Å². The molecule has 5 rings (SSSR count). The molecule has 0 aliphatic carbocycles. The molecule has 2 aliphatic heterocycles. The molecular formula is C24H24FN3O2. The van der Waals surface area contributed by atoms with Crippen LogP contribution < -0.4 is 15.1 Å². The van der Waals surface area contributed by atoms with Crippen molar-refractivity contribution in [2.45, 2.75) is 19.0 Å². The van der Waals surface area contributed by atoms with Crippen molar-refractivity contribution in [2.24, 2.45) is 5.92 Å². The zero-order valence-corrected chi connectivity index (χ0v) is 16.6. The number of carbonyl (C=O) groups excluding carboxylic acids is 1. The second-order valence-corrected chi connectivity index (χ2v) is 7.92. The van der Waals surface area contributed by atoms with Gasteiger partial charge in [-0.25, -0.2) is 4.39 Å². The Morgan fingerprint density at radius 3 is 2.70 bits per heavy atom. The van der Waals surface area contributed by atoms with Crippen LogP contribution in [0, 0.1) is 11.7 Å². The molecule has 3 heterocycles. The molecule has 0 spiro atoms. The van der Waals surface area contributed by atoms with E-state index < -0.39 is 0 Å². The molecule has 6 heteroatoms. The lowest BCUT2D eigenvalue weighted by Crippen LogP contribution is -2.61. The van der Waals surface area contributed by atoms with Crippen LogP contribution in [-0.2, 0) is 17.8 Å². The number of rotatable bonds is 4. The number of amides is 1. The number of hydrogen-bond acceptors (Lipinski definition) is 4. The van der Waals surface area contributed by atoms with Gasteiger partial charge in [-0.3, -0.25) is 4.79 Å². The first kappa shape index (κ1) is 18.7. The molecule has 1 fully saturated rings. The van der Waals surface area contributed by atoms with Gasteiger partial charge >= 0.3 is 0 Å². The number of para-hydroxylation sites is 1. The van der Waals surface area contributed by atoms with Crippen molar-refractivity contribution < 1.29 is 13.6 Å². The summed E-state index contributed by atoms with van der Waals surface area (Å²) in [6.45, 7) is 2.76. The van der Waals surface area contributed by atoms with E-state index in [0.29, 0.717) is 13.0 Å². The molecular weight excluding hydrogens is 381 g/mol. The molecule has 1 aromatic heterocycles. The van der Waals surface area contributed by atoms with Gasteiger partial charge in [0.1, 0.15) is 11.6 Å². The zero-order chi connectivity index (χ0) is 20.5. The van der Waals surface area contributed by atoms with Crippen molar-refractivity contribution in [3.63, 3.8) is 0 Å². The highest BCUT2D eigenvalue weighted by atomic mass is 19.1. The van der Waals surface area contributed by atoms with E-state index in [4.69, 9.17) is 4.42 Å². The largest absolute Gasteiger partial charge is 0.467 e. The van der Waals surface area contributed by atoms with E-state index in [0.717, 1.165) is 31.1 Å². The van der Waals surface area contributed by atoms with Crippen LogP contribution in [0.5, 0.6) is 0 Å². The molecule has 0 saturated carbocycles. The number of fused-ring (bicyclic) bond motifs is 3. The Balaban J connectivity index is 1.40. The van der Waals surface area contributed by atoms with Crippen molar-refractivity contribution in [3.05, 3.63) is 84.1 Å². The number of carbonyl (C=O) groups is 1. The van der Waals surface area contributed by atoms with Gasteiger partial charge in [-0.05, 0) is 54.4 Å². The molecule has 1 amide bonds. The lowest BCUT2D eigenvalue weighted by atomic mass is 9.83. The fourth-order valence-corrected chi connectivity index (χ4v) is 4.66. The van der Waals surface area contributed by atoms with Crippen LogP contribution in [0.3, 0.4) is 0 Å². The monoisotopic (exact) mass is 405 g/mol. The van der Waals surface area contributed by atoms with Gasteiger partial charge in [-0.2, -0.15) is 0 Å². The van der Waals surface area contributed by atoms with E-state index >= 15 is 0 Å². The molecule has 1 N–H and O–H groups in total. The van der Waals surface area contributed by atoms with E-state index in [1.165, 1.54) is 23.4 Å². The maximum Gasteiger partial charge on any atom is 0.225 e. The molecule has 0 radical (unpaired) electrons. The Hall–Kier alpha value is -3.28. The fourth-order valence-electron chi connectivity index (χ4n) is 4.66. The molecule has 30 heavy (non-hydrogen) atoms. The highest BCUT2D eigenvalue weighted by Gasteiger charge is 2.41. The number of anilines is 2. The molecule has 1 saturated heterocycles. The maximum absolute atomic E-state index is 13.4. The third-order valence-corrected chi connectivity index (χ3v) is 6.17. The minimum absolute atomic E-state index is 0.0388. The zero-order valence-electron chi connectivity index (χ0n) is 16.6. The summed E-state index contributed by atoms with van der Waals surface area (Å²) >= 11 is 0. The number of halogens is 1. The van der Waals surface area contributed by atoms with Crippen molar-refractivity contribution in [3.8, 4) is 0 Å². The van der Waals surface area contributed by atoms with E-state index in [9.17, 15) is 9.18 Å². The van der Waals surface area contributed by atoms with E-state index in [-0.39, 0.29) is 23.7 Å². The van der Waals surface area contributed by atoms with Crippen molar-refractivity contribution in [1.82, 2.24) is 5.32 Å². The summed E-state index contributed by atoms with van der Waals surface area (Å²) in [6.07, 6.45) is 2.32. The molecule has 0 unspecified atom stereocenters. The number of nitrogens with zero attached hydrogens (tertiary/aromatic N) is 2. The Morgan fingerprint density at radius 2 is 1.90 bits per heavy atom.